The third kappa shape index (κ3) is 2.83. The zero-order chi connectivity index (χ0) is 26.2. The molecule has 0 unspecified atom stereocenters. The van der Waals surface area contributed by atoms with Crippen molar-refractivity contribution in [2.75, 3.05) is 0 Å². The van der Waals surface area contributed by atoms with Gasteiger partial charge >= 0.3 is 0 Å². The van der Waals surface area contributed by atoms with Crippen molar-refractivity contribution in [1.29, 1.82) is 0 Å². The lowest BCUT2D eigenvalue weighted by molar-refractivity contribution is 1.08. The summed E-state index contributed by atoms with van der Waals surface area (Å²) in [4.78, 5) is 15.0. The van der Waals surface area contributed by atoms with Crippen molar-refractivity contribution < 1.29 is 0 Å². The van der Waals surface area contributed by atoms with Crippen LogP contribution in [0.15, 0.2) is 128 Å². The van der Waals surface area contributed by atoms with E-state index in [0.717, 1.165) is 56.2 Å². The highest BCUT2D eigenvalue weighted by molar-refractivity contribution is 6.30. The van der Waals surface area contributed by atoms with E-state index in [1.54, 1.807) is 0 Å². The Morgan fingerprint density at radius 2 is 1.25 bits per heavy atom. The Balaban J connectivity index is 1.49. The molecule has 5 nitrogen and oxygen atoms in total. The number of benzene rings is 4. The van der Waals surface area contributed by atoms with Gasteiger partial charge in [-0.1, -0.05) is 72.8 Å². The lowest BCUT2D eigenvalue weighted by atomic mass is 10.1. The number of pyridine rings is 2. The van der Waals surface area contributed by atoms with E-state index in [2.05, 4.69) is 106 Å². The number of imidazole rings is 1. The summed E-state index contributed by atoms with van der Waals surface area (Å²) in [6, 6.07) is 42.1. The summed E-state index contributed by atoms with van der Waals surface area (Å²) in [6.45, 7) is 0. The topological polar surface area (TPSA) is 48.0 Å². The summed E-state index contributed by atoms with van der Waals surface area (Å²) in [5.74, 6) is 1.73. The van der Waals surface area contributed by atoms with Gasteiger partial charge in [-0.15, -0.1) is 0 Å². The van der Waals surface area contributed by atoms with Crippen LogP contribution in [0.1, 0.15) is 0 Å². The third-order valence-corrected chi connectivity index (χ3v) is 7.93. The molecule has 0 atom stereocenters. The van der Waals surface area contributed by atoms with Gasteiger partial charge in [-0.2, -0.15) is 0 Å². The van der Waals surface area contributed by atoms with Gasteiger partial charge in [0.2, 0.25) is 0 Å². The molecule has 0 saturated heterocycles. The zero-order valence-electron chi connectivity index (χ0n) is 21.4. The summed E-state index contributed by atoms with van der Waals surface area (Å²) in [6.07, 6.45) is 1.83. The number of hydrogen-bond donors (Lipinski definition) is 0. The van der Waals surface area contributed by atoms with Crippen LogP contribution in [0.5, 0.6) is 0 Å². The maximum Gasteiger partial charge on any atom is 0.164 e. The predicted molar refractivity (Wildman–Crippen MR) is 162 cm³/mol. The van der Waals surface area contributed by atoms with E-state index < -0.39 is 0 Å². The molecular formula is C35H21N5. The first-order valence-electron chi connectivity index (χ1n) is 13.4. The minimum atomic E-state index is 0.841. The first-order valence-corrected chi connectivity index (χ1v) is 13.4. The average Bonchev–Trinajstić information content (AvgIpc) is 3.54. The quantitative estimate of drug-likeness (QED) is 0.240. The van der Waals surface area contributed by atoms with E-state index in [1.807, 2.05) is 30.5 Å². The minimum absolute atomic E-state index is 0.841. The monoisotopic (exact) mass is 511 g/mol. The highest BCUT2D eigenvalue weighted by Gasteiger charge is 2.24. The van der Waals surface area contributed by atoms with Crippen LogP contribution in [0.25, 0.3) is 77.7 Å². The number of rotatable bonds is 3. The Kier molecular flexibility index (Phi) is 4.27. The van der Waals surface area contributed by atoms with Crippen molar-refractivity contribution >= 4 is 49.1 Å². The maximum atomic E-state index is 5.16. The molecule has 0 amide bonds. The van der Waals surface area contributed by atoms with Crippen molar-refractivity contribution in [3.05, 3.63) is 128 Å². The van der Waals surface area contributed by atoms with Crippen LogP contribution < -0.4 is 0 Å². The fourth-order valence-corrected chi connectivity index (χ4v) is 6.29. The Hall–Kier alpha value is -5.55. The highest BCUT2D eigenvalue weighted by Crippen LogP contribution is 2.43. The molecule has 0 spiro atoms. The third-order valence-electron chi connectivity index (χ3n) is 7.93. The van der Waals surface area contributed by atoms with Crippen LogP contribution in [0.4, 0.5) is 0 Å². The minimum Gasteiger partial charge on any atom is -0.294 e. The SMILES string of the molecule is c1ccc(-c2cccc(-n3c4cccc5c6ccccc6n6c(-c7ccccn7)nc7ccc3c(c54)c76)n2)cc1. The van der Waals surface area contributed by atoms with E-state index in [9.17, 15) is 0 Å². The fourth-order valence-electron chi connectivity index (χ4n) is 6.29. The molecule has 0 aliphatic rings. The Morgan fingerprint density at radius 1 is 0.500 bits per heavy atom. The fraction of sp³-hybridized carbons (Fsp3) is 0. The molecule has 5 aromatic heterocycles. The number of aromatic nitrogens is 5. The molecule has 9 aromatic rings. The number of nitrogens with zero attached hydrogens (tertiary/aromatic N) is 5. The highest BCUT2D eigenvalue weighted by atomic mass is 15.1. The smallest absolute Gasteiger partial charge is 0.164 e. The molecule has 0 bridgehead atoms. The molecule has 5 heterocycles. The molecule has 40 heavy (non-hydrogen) atoms. The molecule has 5 heteroatoms. The second-order valence-corrected chi connectivity index (χ2v) is 10.1. The van der Waals surface area contributed by atoms with Gasteiger partial charge in [0.25, 0.3) is 0 Å². The molecule has 0 saturated carbocycles. The van der Waals surface area contributed by atoms with Gasteiger partial charge in [-0.25, -0.2) is 9.97 Å². The van der Waals surface area contributed by atoms with Crippen molar-refractivity contribution in [2.24, 2.45) is 0 Å². The molecular weight excluding hydrogens is 490 g/mol. The van der Waals surface area contributed by atoms with Crippen molar-refractivity contribution in [2.45, 2.75) is 0 Å². The van der Waals surface area contributed by atoms with Gasteiger partial charge in [-0.05, 0) is 53.9 Å². The summed E-state index contributed by atoms with van der Waals surface area (Å²) in [5, 5.41) is 4.78. The molecule has 186 valence electrons. The number of fused-ring (bicyclic) bond motifs is 3. The van der Waals surface area contributed by atoms with Crippen molar-refractivity contribution in [3.63, 3.8) is 0 Å². The average molecular weight is 512 g/mol. The van der Waals surface area contributed by atoms with Crippen LogP contribution >= 0.6 is 0 Å². The van der Waals surface area contributed by atoms with Gasteiger partial charge in [0.1, 0.15) is 11.5 Å². The van der Waals surface area contributed by atoms with E-state index in [1.165, 1.54) is 21.5 Å². The summed E-state index contributed by atoms with van der Waals surface area (Å²) < 4.78 is 4.60. The first kappa shape index (κ1) is 21.4. The lowest BCUT2D eigenvalue weighted by Gasteiger charge is -2.10. The standard InChI is InChI=1S/C35H21N5/c1-2-10-22(11-3-1)25-15-9-18-31(37-25)39-29-17-8-13-24-23-12-4-5-16-28(23)40-34-26(19-20-30(39)33(34)32(24)29)38-35(40)27-14-6-7-21-36-27/h1-21H. The molecule has 0 N–H and O–H groups in total. The molecule has 0 fully saturated rings. The zero-order valence-corrected chi connectivity index (χ0v) is 21.4. The van der Waals surface area contributed by atoms with E-state index >= 15 is 0 Å². The molecule has 9 rings (SSSR count). The van der Waals surface area contributed by atoms with E-state index in [-0.39, 0.29) is 0 Å². The van der Waals surface area contributed by atoms with E-state index in [4.69, 9.17) is 15.0 Å². The van der Waals surface area contributed by atoms with Gasteiger partial charge in [0.05, 0.1) is 33.3 Å². The predicted octanol–water partition coefficient (Wildman–Crippen LogP) is 8.30. The van der Waals surface area contributed by atoms with Gasteiger partial charge in [0, 0.05) is 27.9 Å². The van der Waals surface area contributed by atoms with Crippen LogP contribution in [0.2, 0.25) is 0 Å². The number of hydrogen-bond acceptors (Lipinski definition) is 3. The Labute approximate surface area is 229 Å². The second-order valence-electron chi connectivity index (χ2n) is 10.1. The van der Waals surface area contributed by atoms with Crippen LogP contribution in [0.3, 0.4) is 0 Å². The largest absolute Gasteiger partial charge is 0.294 e. The summed E-state index contributed by atoms with van der Waals surface area (Å²) in [5.41, 5.74) is 8.28. The van der Waals surface area contributed by atoms with Crippen LogP contribution in [-0.4, -0.2) is 23.9 Å². The normalized spacial score (nSPS) is 12.0. The van der Waals surface area contributed by atoms with Gasteiger partial charge in [-0.3, -0.25) is 14.0 Å². The first-order chi connectivity index (χ1) is 19.9. The van der Waals surface area contributed by atoms with Gasteiger partial charge < -0.3 is 0 Å². The molecule has 0 aliphatic heterocycles. The van der Waals surface area contributed by atoms with Crippen molar-refractivity contribution in [1.82, 2.24) is 23.9 Å². The van der Waals surface area contributed by atoms with Crippen molar-refractivity contribution in [3.8, 4) is 28.6 Å². The van der Waals surface area contributed by atoms with Gasteiger partial charge in [0.15, 0.2) is 5.82 Å². The molecule has 0 aliphatic carbocycles. The van der Waals surface area contributed by atoms with Crippen LogP contribution in [-0.2, 0) is 0 Å². The number of para-hydroxylation sites is 1. The summed E-state index contributed by atoms with van der Waals surface area (Å²) in [7, 11) is 0. The Morgan fingerprint density at radius 3 is 2.15 bits per heavy atom. The van der Waals surface area contributed by atoms with E-state index in [0.29, 0.717) is 0 Å². The maximum absolute atomic E-state index is 5.16. The van der Waals surface area contributed by atoms with Crippen LogP contribution in [0, 0.1) is 0 Å². The lowest BCUT2D eigenvalue weighted by Crippen LogP contribution is -1.98. The molecule has 0 radical (unpaired) electrons. The second kappa shape index (κ2) is 7.98. The molecule has 4 aromatic carbocycles. The summed E-state index contributed by atoms with van der Waals surface area (Å²) >= 11 is 0. The Bertz CT molecular complexity index is 2370.